The van der Waals surface area contributed by atoms with Crippen LogP contribution in [0.15, 0.2) is 42.5 Å². The Morgan fingerprint density at radius 1 is 1.08 bits per heavy atom. The number of nitrogens with zero attached hydrogens (tertiary/aromatic N) is 1. The van der Waals surface area contributed by atoms with Crippen LogP contribution in [0.2, 0.25) is 0 Å². The largest absolute Gasteiger partial charge is 0.481 e. The van der Waals surface area contributed by atoms with Gasteiger partial charge in [-0.05, 0) is 53.6 Å². The highest BCUT2D eigenvalue weighted by Crippen LogP contribution is 2.37. The van der Waals surface area contributed by atoms with Crippen LogP contribution in [0.3, 0.4) is 0 Å². The Kier molecular flexibility index (Phi) is 3.92. The molecule has 2 N–H and O–H groups in total. The molecule has 4 rings (SSSR count). The van der Waals surface area contributed by atoms with Gasteiger partial charge in [-0.1, -0.05) is 30.3 Å². The van der Waals surface area contributed by atoms with Gasteiger partial charge in [0, 0.05) is 18.8 Å². The van der Waals surface area contributed by atoms with Crippen molar-refractivity contribution in [2.24, 2.45) is 5.92 Å². The Balaban J connectivity index is 1.48. The van der Waals surface area contributed by atoms with Crippen LogP contribution in [-0.4, -0.2) is 35.1 Å². The molecule has 5 nitrogen and oxygen atoms in total. The summed E-state index contributed by atoms with van der Waals surface area (Å²) in [7, 11) is 0. The zero-order valence-corrected chi connectivity index (χ0v) is 13.9. The normalized spacial score (nSPS) is 18.4. The predicted octanol–water partition coefficient (Wildman–Crippen LogP) is 3.59. The topological polar surface area (TPSA) is 69.6 Å². The van der Waals surface area contributed by atoms with E-state index in [0.717, 1.165) is 18.5 Å². The van der Waals surface area contributed by atoms with Crippen molar-refractivity contribution in [2.75, 3.05) is 18.4 Å². The molecule has 1 heterocycles. The van der Waals surface area contributed by atoms with Crippen LogP contribution in [0, 0.1) is 5.92 Å². The first-order valence-corrected chi connectivity index (χ1v) is 8.62. The lowest BCUT2D eigenvalue weighted by atomic mass is 9.99. The number of hydrogen-bond acceptors (Lipinski definition) is 2. The molecule has 128 valence electrons. The van der Waals surface area contributed by atoms with Crippen LogP contribution in [0.5, 0.6) is 0 Å². The zero-order valence-electron chi connectivity index (χ0n) is 13.9. The maximum Gasteiger partial charge on any atom is 0.321 e. The number of carboxylic acids is 1. The van der Waals surface area contributed by atoms with E-state index in [1.54, 1.807) is 4.90 Å². The highest BCUT2D eigenvalue weighted by atomic mass is 16.4. The van der Waals surface area contributed by atoms with Crippen LogP contribution in [0.4, 0.5) is 10.5 Å². The van der Waals surface area contributed by atoms with Gasteiger partial charge in [0.1, 0.15) is 0 Å². The van der Waals surface area contributed by atoms with Crippen molar-refractivity contribution in [3.05, 3.63) is 53.6 Å². The number of urea groups is 1. The first-order chi connectivity index (χ1) is 12.1. The Morgan fingerprint density at radius 2 is 1.88 bits per heavy atom. The van der Waals surface area contributed by atoms with Gasteiger partial charge in [0.15, 0.2) is 0 Å². The number of aliphatic carboxylic acids is 1. The molecule has 5 heteroatoms. The molecule has 0 aromatic heterocycles. The van der Waals surface area contributed by atoms with E-state index in [0.29, 0.717) is 13.0 Å². The fourth-order valence-electron chi connectivity index (χ4n) is 3.79. The van der Waals surface area contributed by atoms with Crippen LogP contribution >= 0.6 is 0 Å². The zero-order chi connectivity index (χ0) is 17.4. The number of benzene rings is 2. The van der Waals surface area contributed by atoms with Crippen LogP contribution in [0.25, 0.3) is 11.1 Å². The molecular weight excluding hydrogens is 316 g/mol. The molecule has 1 saturated heterocycles. The van der Waals surface area contributed by atoms with Crippen LogP contribution in [-0.2, 0) is 11.2 Å². The molecule has 2 aromatic carbocycles. The molecule has 1 aliphatic heterocycles. The summed E-state index contributed by atoms with van der Waals surface area (Å²) in [5, 5.41) is 12.1. The molecule has 0 spiro atoms. The molecule has 1 atom stereocenters. The summed E-state index contributed by atoms with van der Waals surface area (Å²) < 4.78 is 0. The number of piperidine rings is 1. The molecule has 2 amide bonds. The van der Waals surface area contributed by atoms with Crippen molar-refractivity contribution in [2.45, 2.75) is 19.3 Å². The standard InChI is InChI=1S/C20H20N2O3/c23-19(24)14-5-3-9-22(12-14)20(25)21-16-7-8-18-15(11-16)10-13-4-1-2-6-17(13)18/h1-2,4,6-8,11,14H,3,5,9-10,12H2,(H,21,25)(H,23,24). The minimum absolute atomic E-state index is 0.221. The molecular formula is C20H20N2O3. The number of carboxylic acid groups (broad SMARTS) is 1. The van der Waals surface area contributed by atoms with Crippen LogP contribution < -0.4 is 5.32 Å². The number of anilines is 1. The van der Waals surface area contributed by atoms with Crippen molar-refractivity contribution in [3.63, 3.8) is 0 Å². The summed E-state index contributed by atoms with van der Waals surface area (Å²) in [5.41, 5.74) is 5.75. The lowest BCUT2D eigenvalue weighted by Gasteiger charge is -2.30. The third-order valence-electron chi connectivity index (χ3n) is 5.10. The number of fused-ring (bicyclic) bond motifs is 3. The van der Waals surface area contributed by atoms with E-state index in [1.165, 1.54) is 22.3 Å². The average Bonchev–Trinajstić information content (AvgIpc) is 2.99. The number of hydrogen-bond donors (Lipinski definition) is 2. The average molecular weight is 336 g/mol. The summed E-state index contributed by atoms with van der Waals surface area (Å²) in [6, 6.07) is 14.1. The molecule has 0 saturated carbocycles. The molecule has 1 fully saturated rings. The van der Waals surface area contributed by atoms with E-state index >= 15 is 0 Å². The number of rotatable bonds is 2. The molecule has 2 aromatic rings. The van der Waals surface area contributed by atoms with Gasteiger partial charge in [-0.2, -0.15) is 0 Å². The number of amides is 2. The Morgan fingerprint density at radius 3 is 2.72 bits per heavy atom. The van der Waals surface area contributed by atoms with Crippen molar-refractivity contribution in [3.8, 4) is 11.1 Å². The van der Waals surface area contributed by atoms with Gasteiger partial charge < -0.3 is 15.3 Å². The summed E-state index contributed by atoms with van der Waals surface area (Å²) >= 11 is 0. The van der Waals surface area contributed by atoms with Crippen molar-refractivity contribution in [1.29, 1.82) is 0 Å². The van der Waals surface area contributed by atoms with E-state index in [4.69, 9.17) is 5.11 Å². The minimum Gasteiger partial charge on any atom is -0.481 e. The van der Waals surface area contributed by atoms with Crippen molar-refractivity contribution >= 4 is 17.7 Å². The van der Waals surface area contributed by atoms with E-state index < -0.39 is 11.9 Å². The molecule has 0 bridgehead atoms. The van der Waals surface area contributed by atoms with Crippen molar-refractivity contribution in [1.82, 2.24) is 4.90 Å². The summed E-state index contributed by atoms with van der Waals surface area (Å²) in [5.74, 6) is -1.29. The van der Waals surface area contributed by atoms with E-state index in [9.17, 15) is 9.59 Å². The molecule has 2 aliphatic rings. The molecule has 1 aliphatic carbocycles. The smallest absolute Gasteiger partial charge is 0.321 e. The molecule has 0 radical (unpaired) electrons. The summed E-state index contributed by atoms with van der Waals surface area (Å²) in [6.07, 6.45) is 2.24. The molecule has 25 heavy (non-hydrogen) atoms. The number of likely N-dealkylation sites (tertiary alicyclic amines) is 1. The molecule has 1 unspecified atom stereocenters. The quantitative estimate of drug-likeness (QED) is 0.751. The van der Waals surface area contributed by atoms with Crippen LogP contribution in [0.1, 0.15) is 24.0 Å². The third kappa shape index (κ3) is 2.97. The van der Waals surface area contributed by atoms with Gasteiger partial charge in [-0.25, -0.2) is 4.79 Å². The first kappa shape index (κ1) is 15.7. The SMILES string of the molecule is O=C(O)C1CCCN(C(=O)Nc2ccc3c(c2)Cc2ccccc2-3)C1. The van der Waals surface area contributed by atoms with Gasteiger partial charge in [0.2, 0.25) is 0 Å². The van der Waals surface area contributed by atoms with Gasteiger partial charge in [0.05, 0.1) is 5.92 Å². The Bertz CT molecular complexity index is 847. The summed E-state index contributed by atoms with van der Waals surface area (Å²) in [4.78, 5) is 25.2. The monoisotopic (exact) mass is 336 g/mol. The fraction of sp³-hybridized carbons (Fsp3) is 0.300. The van der Waals surface area contributed by atoms with Gasteiger partial charge in [-0.3, -0.25) is 4.79 Å². The van der Waals surface area contributed by atoms with E-state index in [2.05, 4.69) is 17.4 Å². The number of carbonyl (C=O) groups is 2. The second-order valence-corrected chi connectivity index (χ2v) is 6.76. The maximum atomic E-state index is 12.5. The highest BCUT2D eigenvalue weighted by Gasteiger charge is 2.28. The lowest BCUT2D eigenvalue weighted by Crippen LogP contribution is -2.44. The lowest BCUT2D eigenvalue weighted by molar-refractivity contribution is -0.143. The third-order valence-corrected chi connectivity index (χ3v) is 5.10. The van der Waals surface area contributed by atoms with E-state index in [1.807, 2.05) is 30.3 Å². The Hall–Kier alpha value is -2.82. The fourth-order valence-corrected chi connectivity index (χ4v) is 3.79. The van der Waals surface area contributed by atoms with Gasteiger partial charge in [0.25, 0.3) is 0 Å². The number of carbonyl (C=O) groups excluding carboxylic acids is 1. The van der Waals surface area contributed by atoms with E-state index in [-0.39, 0.29) is 12.6 Å². The minimum atomic E-state index is -0.826. The van der Waals surface area contributed by atoms with Gasteiger partial charge >= 0.3 is 12.0 Å². The Labute approximate surface area is 146 Å². The second kappa shape index (κ2) is 6.24. The van der Waals surface area contributed by atoms with Crippen molar-refractivity contribution < 1.29 is 14.7 Å². The first-order valence-electron chi connectivity index (χ1n) is 8.62. The summed E-state index contributed by atoms with van der Waals surface area (Å²) in [6.45, 7) is 0.879. The number of nitrogens with one attached hydrogen (secondary N) is 1. The highest BCUT2D eigenvalue weighted by molar-refractivity contribution is 5.91. The predicted molar refractivity (Wildman–Crippen MR) is 95.6 cm³/mol. The maximum absolute atomic E-state index is 12.5. The van der Waals surface area contributed by atoms with Gasteiger partial charge in [-0.15, -0.1) is 0 Å². The second-order valence-electron chi connectivity index (χ2n) is 6.76.